The Bertz CT molecular complexity index is 208. The van der Waals surface area contributed by atoms with Crippen molar-refractivity contribution in [2.75, 3.05) is 6.16 Å². The van der Waals surface area contributed by atoms with Crippen LogP contribution < -0.4 is 0 Å². The van der Waals surface area contributed by atoms with Gasteiger partial charge in [0.15, 0.2) is 0 Å². The fraction of sp³-hybridized carbons (Fsp3) is 1.00. The summed E-state index contributed by atoms with van der Waals surface area (Å²) in [5.41, 5.74) is 2.35. The maximum atomic E-state index is 2.33. The van der Waals surface area contributed by atoms with Crippen molar-refractivity contribution in [2.24, 2.45) is 0 Å². The second-order valence-corrected chi connectivity index (χ2v) is 10.2. The fourth-order valence-electron chi connectivity index (χ4n) is 4.39. The molecule has 0 aliphatic heterocycles. The zero-order valence-corrected chi connectivity index (χ0v) is 14.8. The SMILES string of the molecule is CCCCCCCP(C1CCCCC1)C1CCCCC1. The van der Waals surface area contributed by atoms with Gasteiger partial charge in [-0.25, -0.2) is 0 Å². The number of hydrogen-bond acceptors (Lipinski definition) is 0. The number of hydrogen-bond donors (Lipinski definition) is 0. The first-order valence-electron chi connectivity index (χ1n) is 9.67. The molecule has 1 heteroatoms. The Labute approximate surface area is 129 Å². The summed E-state index contributed by atoms with van der Waals surface area (Å²) in [6.07, 6.45) is 24.7. The van der Waals surface area contributed by atoms with Gasteiger partial charge < -0.3 is 0 Å². The Morgan fingerprint density at radius 2 is 1.15 bits per heavy atom. The molecule has 20 heavy (non-hydrogen) atoms. The average Bonchev–Trinajstić information content (AvgIpc) is 2.53. The van der Waals surface area contributed by atoms with E-state index < -0.39 is 0 Å². The normalized spacial score (nSPS) is 22.5. The molecule has 0 atom stereocenters. The molecule has 0 aromatic carbocycles. The lowest BCUT2D eigenvalue weighted by Gasteiger charge is -2.38. The Morgan fingerprint density at radius 3 is 1.65 bits per heavy atom. The summed E-state index contributed by atoms with van der Waals surface area (Å²) in [5.74, 6) is 0. The first kappa shape index (κ1) is 16.8. The predicted molar refractivity (Wildman–Crippen MR) is 94.3 cm³/mol. The molecular formula is C19H37P. The molecular weight excluding hydrogens is 259 g/mol. The van der Waals surface area contributed by atoms with Gasteiger partial charge in [0.25, 0.3) is 0 Å². The van der Waals surface area contributed by atoms with E-state index >= 15 is 0 Å². The largest absolute Gasteiger partial charge is 0.100 e. The van der Waals surface area contributed by atoms with E-state index in [2.05, 4.69) is 6.92 Å². The van der Waals surface area contributed by atoms with Gasteiger partial charge in [-0.1, -0.05) is 71.1 Å². The summed E-state index contributed by atoms with van der Waals surface area (Å²) in [5, 5.41) is 0. The molecule has 0 radical (unpaired) electrons. The lowest BCUT2D eigenvalue weighted by Crippen LogP contribution is -2.22. The van der Waals surface area contributed by atoms with E-state index in [0.717, 1.165) is 0 Å². The van der Waals surface area contributed by atoms with E-state index in [9.17, 15) is 0 Å². The lowest BCUT2D eigenvalue weighted by molar-refractivity contribution is 0.483. The Balaban J connectivity index is 1.78. The fourth-order valence-corrected chi connectivity index (χ4v) is 8.36. The Hall–Kier alpha value is 0.430. The molecule has 118 valence electrons. The first-order valence-corrected chi connectivity index (χ1v) is 11.3. The van der Waals surface area contributed by atoms with Crippen LogP contribution in [-0.4, -0.2) is 17.5 Å². The van der Waals surface area contributed by atoms with Gasteiger partial charge in [-0.05, 0) is 49.6 Å². The zero-order valence-electron chi connectivity index (χ0n) is 13.9. The van der Waals surface area contributed by atoms with Crippen molar-refractivity contribution >= 4 is 7.92 Å². The molecule has 0 saturated heterocycles. The van der Waals surface area contributed by atoms with Gasteiger partial charge in [0.2, 0.25) is 0 Å². The predicted octanol–water partition coefficient (Wildman–Crippen LogP) is 7.10. The minimum atomic E-state index is 0.382. The van der Waals surface area contributed by atoms with Gasteiger partial charge in [-0.3, -0.25) is 0 Å². The van der Waals surface area contributed by atoms with Crippen LogP contribution in [0.2, 0.25) is 0 Å². The van der Waals surface area contributed by atoms with Gasteiger partial charge in [0.1, 0.15) is 0 Å². The van der Waals surface area contributed by atoms with E-state index in [1.807, 2.05) is 0 Å². The van der Waals surface area contributed by atoms with Crippen LogP contribution in [0.25, 0.3) is 0 Å². The van der Waals surface area contributed by atoms with Crippen molar-refractivity contribution in [3.8, 4) is 0 Å². The molecule has 2 fully saturated rings. The Morgan fingerprint density at radius 1 is 0.650 bits per heavy atom. The molecule has 0 unspecified atom stereocenters. The maximum absolute atomic E-state index is 2.33. The molecule has 0 nitrogen and oxygen atoms in total. The standard InChI is InChI=1S/C19H37P/c1-2-3-4-5-12-17-20(18-13-8-6-9-14-18)19-15-10-7-11-16-19/h18-19H,2-17H2,1H3. The molecule has 0 spiro atoms. The van der Waals surface area contributed by atoms with Crippen LogP contribution in [0.15, 0.2) is 0 Å². The zero-order chi connectivity index (χ0) is 14.0. The summed E-state index contributed by atoms with van der Waals surface area (Å²) in [6.45, 7) is 2.33. The number of rotatable bonds is 8. The minimum absolute atomic E-state index is 0.382. The van der Waals surface area contributed by atoms with E-state index in [1.54, 1.807) is 63.9 Å². The highest BCUT2D eigenvalue weighted by molar-refractivity contribution is 7.59. The van der Waals surface area contributed by atoms with E-state index in [-0.39, 0.29) is 0 Å². The van der Waals surface area contributed by atoms with Crippen molar-refractivity contribution in [3.05, 3.63) is 0 Å². The highest BCUT2D eigenvalue weighted by Crippen LogP contribution is 2.56. The van der Waals surface area contributed by atoms with Crippen molar-refractivity contribution in [2.45, 2.75) is 115 Å². The van der Waals surface area contributed by atoms with Crippen molar-refractivity contribution in [1.29, 1.82) is 0 Å². The van der Waals surface area contributed by atoms with Crippen LogP contribution >= 0.6 is 7.92 Å². The van der Waals surface area contributed by atoms with Crippen LogP contribution in [0.4, 0.5) is 0 Å². The van der Waals surface area contributed by atoms with E-state index in [0.29, 0.717) is 7.92 Å². The summed E-state index contributed by atoms with van der Waals surface area (Å²) in [4.78, 5) is 0. The van der Waals surface area contributed by atoms with Gasteiger partial charge >= 0.3 is 0 Å². The first-order chi connectivity index (χ1) is 9.92. The number of unbranched alkanes of at least 4 members (excludes halogenated alkanes) is 4. The highest BCUT2D eigenvalue weighted by Gasteiger charge is 2.30. The van der Waals surface area contributed by atoms with Gasteiger partial charge in [0.05, 0.1) is 0 Å². The molecule has 0 N–H and O–H groups in total. The molecule has 2 saturated carbocycles. The molecule has 0 aromatic heterocycles. The summed E-state index contributed by atoms with van der Waals surface area (Å²) < 4.78 is 0. The average molecular weight is 296 g/mol. The maximum Gasteiger partial charge on any atom is -0.0207 e. The third kappa shape index (κ3) is 5.67. The molecule has 0 aromatic rings. The van der Waals surface area contributed by atoms with Crippen molar-refractivity contribution in [1.82, 2.24) is 0 Å². The van der Waals surface area contributed by atoms with Crippen molar-refractivity contribution < 1.29 is 0 Å². The van der Waals surface area contributed by atoms with Crippen LogP contribution in [0.3, 0.4) is 0 Å². The monoisotopic (exact) mass is 296 g/mol. The summed E-state index contributed by atoms with van der Waals surface area (Å²) in [6, 6.07) is 0. The van der Waals surface area contributed by atoms with Crippen LogP contribution in [-0.2, 0) is 0 Å². The van der Waals surface area contributed by atoms with E-state index in [4.69, 9.17) is 0 Å². The van der Waals surface area contributed by atoms with Crippen LogP contribution in [0.1, 0.15) is 103 Å². The van der Waals surface area contributed by atoms with Crippen molar-refractivity contribution in [3.63, 3.8) is 0 Å². The topological polar surface area (TPSA) is 0 Å². The molecule has 2 aliphatic rings. The van der Waals surface area contributed by atoms with Crippen LogP contribution in [0.5, 0.6) is 0 Å². The second-order valence-electron chi connectivity index (χ2n) is 7.24. The van der Waals surface area contributed by atoms with Gasteiger partial charge in [0, 0.05) is 0 Å². The second kappa shape index (κ2) is 10.2. The minimum Gasteiger partial charge on any atom is -0.100 e. The molecule has 0 amide bonds. The molecule has 0 bridgehead atoms. The smallest absolute Gasteiger partial charge is 0.0207 e. The quantitative estimate of drug-likeness (QED) is 0.331. The Kier molecular flexibility index (Phi) is 8.57. The molecule has 0 heterocycles. The lowest BCUT2D eigenvalue weighted by atomic mass is 9.99. The summed E-state index contributed by atoms with van der Waals surface area (Å²) in [7, 11) is 0.382. The molecule has 2 rings (SSSR count). The summed E-state index contributed by atoms with van der Waals surface area (Å²) >= 11 is 0. The third-order valence-corrected chi connectivity index (χ3v) is 9.35. The molecule has 2 aliphatic carbocycles. The highest BCUT2D eigenvalue weighted by atomic mass is 31.1. The third-order valence-electron chi connectivity index (χ3n) is 5.61. The van der Waals surface area contributed by atoms with Crippen LogP contribution in [0, 0.1) is 0 Å². The van der Waals surface area contributed by atoms with Gasteiger partial charge in [-0.2, -0.15) is 0 Å². The van der Waals surface area contributed by atoms with Gasteiger partial charge in [-0.15, -0.1) is 7.92 Å². The van der Waals surface area contributed by atoms with E-state index in [1.165, 1.54) is 49.8 Å².